The van der Waals surface area contributed by atoms with Gasteiger partial charge in [-0.15, -0.1) is 11.6 Å². The first kappa shape index (κ1) is 14.0. The second kappa shape index (κ2) is 6.04. The minimum atomic E-state index is -0.402. The van der Waals surface area contributed by atoms with Gasteiger partial charge in [-0.3, -0.25) is 4.79 Å². The topological polar surface area (TPSA) is 79.9 Å². The average molecular weight is 180 g/mol. The predicted molar refractivity (Wildman–Crippen MR) is 38.8 cm³/mol. The summed E-state index contributed by atoms with van der Waals surface area (Å²) in [4.78, 5) is 22.8. The first-order valence-electron chi connectivity index (χ1n) is 2.50. The molecule has 0 aromatic carbocycles. The summed E-state index contributed by atoms with van der Waals surface area (Å²) in [6, 6.07) is 1.26. The van der Waals surface area contributed by atoms with E-state index in [0.29, 0.717) is 0 Å². The SMILES string of the molecule is O=[C-]c1c[nH]c(=O)c(Cl)c1.[Li+].[OH-]. The van der Waals surface area contributed by atoms with E-state index < -0.39 is 5.56 Å². The monoisotopic (exact) mass is 180 g/mol. The summed E-state index contributed by atoms with van der Waals surface area (Å²) in [5, 5.41) is 0.000787. The van der Waals surface area contributed by atoms with Crippen LogP contribution in [0.4, 0.5) is 0 Å². The van der Waals surface area contributed by atoms with Crippen molar-refractivity contribution in [3.8, 4) is 0 Å². The summed E-state index contributed by atoms with van der Waals surface area (Å²) in [7, 11) is 0. The molecule has 12 heavy (non-hydrogen) atoms. The Bertz CT molecular complexity index is 312. The van der Waals surface area contributed by atoms with Crippen LogP contribution >= 0.6 is 11.6 Å². The predicted octanol–water partition coefficient (Wildman–Crippen LogP) is -2.69. The number of hydrogen-bond acceptors (Lipinski definition) is 3. The fourth-order valence-corrected chi connectivity index (χ4v) is 0.687. The summed E-state index contributed by atoms with van der Waals surface area (Å²) >= 11 is 5.37. The van der Waals surface area contributed by atoms with E-state index in [2.05, 4.69) is 4.98 Å². The molecule has 1 aromatic heterocycles. The van der Waals surface area contributed by atoms with Gasteiger partial charge in [-0.05, 0) is 0 Å². The van der Waals surface area contributed by atoms with Crippen molar-refractivity contribution >= 4 is 17.9 Å². The van der Waals surface area contributed by atoms with E-state index in [0.717, 1.165) is 0 Å². The zero-order valence-electron chi connectivity index (χ0n) is 6.30. The van der Waals surface area contributed by atoms with E-state index in [9.17, 15) is 9.59 Å². The van der Waals surface area contributed by atoms with Gasteiger partial charge < -0.3 is 15.3 Å². The number of aromatic amines is 1. The first-order valence-corrected chi connectivity index (χ1v) is 2.88. The van der Waals surface area contributed by atoms with Gasteiger partial charge in [0.2, 0.25) is 5.56 Å². The van der Waals surface area contributed by atoms with Gasteiger partial charge in [-0.2, -0.15) is 0 Å². The molecule has 0 radical (unpaired) electrons. The van der Waals surface area contributed by atoms with E-state index >= 15 is 0 Å². The van der Waals surface area contributed by atoms with Crippen molar-refractivity contribution in [2.45, 2.75) is 0 Å². The van der Waals surface area contributed by atoms with Gasteiger partial charge in [0, 0.05) is 0 Å². The Labute approximate surface area is 85.4 Å². The van der Waals surface area contributed by atoms with Crippen LogP contribution in [0, 0.1) is 0 Å². The Morgan fingerprint density at radius 3 is 2.50 bits per heavy atom. The maximum Gasteiger partial charge on any atom is 1.00 e. The molecule has 0 saturated heterocycles. The zero-order valence-corrected chi connectivity index (χ0v) is 7.05. The Balaban J connectivity index is 0. The van der Waals surface area contributed by atoms with Crippen molar-refractivity contribution in [2.24, 2.45) is 0 Å². The second-order valence-electron chi connectivity index (χ2n) is 1.67. The average Bonchev–Trinajstić information content (AvgIpc) is 1.95. The number of H-pyrrole nitrogens is 1. The smallest absolute Gasteiger partial charge is 0.870 e. The van der Waals surface area contributed by atoms with Crippen LogP contribution < -0.4 is 24.4 Å². The van der Waals surface area contributed by atoms with Gasteiger partial charge in [0.25, 0.3) is 0 Å². The van der Waals surface area contributed by atoms with E-state index in [1.807, 2.05) is 0 Å². The van der Waals surface area contributed by atoms with E-state index in [-0.39, 0.29) is 34.9 Å². The van der Waals surface area contributed by atoms with Crippen LogP contribution in [-0.4, -0.2) is 16.7 Å². The third-order valence-electron chi connectivity index (χ3n) is 0.976. The van der Waals surface area contributed by atoms with Gasteiger partial charge in [0.1, 0.15) is 0 Å². The van der Waals surface area contributed by atoms with Crippen LogP contribution in [-0.2, 0) is 4.79 Å². The molecule has 0 saturated carbocycles. The molecule has 60 valence electrons. The van der Waals surface area contributed by atoms with Crippen LogP contribution in [0.25, 0.3) is 0 Å². The maximum absolute atomic E-state index is 10.6. The summed E-state index contributed by atoms with van der Waals surface area (Å²) in [5.74, 6) is 0. The Hall–Kier alpha value is -0.533. The first-order chi connectivity index (χ1) is 4.74. The molecule has 0 bridgehead atoms. The minimum Gasteiger partial charge on any atom is -0.870 e. The molecule has 1 rings (SSSR count). The molecule has 1 heterocycles. The molecule has 6 heteroatoms. The number of rotatable bonds is 1. The fourth-order valence-electron chi connectivity index (χ4n) is 0.515. The summed E-state index contributed by atoms with van der Waals surface area (Å²) in [6.07, 6.45) is 2.84. The van der Waals surface area contributed by atoms with Crippen molar-refractivity contribution in [2.75, 3.05) is 0 Å². The zero-order chi connectivity index (χ0) is 7.56. The van der Waals surface area contributed by atoms with Gasteiger partial charge in [-0.25, -0.2) is 0 Å². The number of halogens is 1. The van der Waals surface area contributed by atoms with Gasteiger partial charge in [0.05, 0.1) is 11.3 Å². The number of nitrogens with one attached hydrogen (secondary N) is 1. The molecule has 0 fully saturated rings. The summed E-state index contributed by atoms with van der Waals surface area (Å²) < 4.78 is 0. The van der Waals surface area contributed by atoms with Gasteiger partial charge >= 0.3 is 18.9 Å². The van der Waals surface area contributed by atoms with Crippen molar-refractivity contribution < 1.29 is 29.1 Å². The summed E-state index contributed by atoms with van der Waals surface area (Å²) in [5.41, 5.74) is -0.162. The van der Waals surface area contributed by atoms with Crippen LogP contribution in [0.1, 0.15) is 5.56 Å². The Morgan fingerprint density at radius 1 is 1.50 bits per heavy atom. The molecule has 4 nitrogen and oxygen atoms in total. The van der Waals surface area contributed by atoms with Crippen molar-refractivity contribution in [1.82, 2.24) is 4.98 Å². The second-order valence-corrected chi connectivity index (χ2v) is 2.07. The normalized spacial score (nSPS) is 7.75. The molecule has 0 aliphatic heterocycles. The third-order valence-corrected chi connectivity index (χ3v) is 1.26. The molecule has 2 N–H and O–H groups in total. The Kier molecular flexibility index (Phi) is 7.05. The standard InChI is InChI=1S/C6H3ClNO2.Li.H2O/c7-5-1-4(3-9)2-8-6(5)10;;/h1-2H,(H,8,10);;1H2/q-1;+1;/p-1. The fraction of sp³-hybridized carbons (Fsp3) is 0. The van der Waals surface area contributed by atoms with Crippen LogP contribution in [0.15, 0.2) is 17.1 Å². The third kappa shape index (κ3) is 3.24. The van der Waals surface area contributed by atoms with Crippen LogP contribution in [0.2, 0.25) is 5.02 Å². The number of hydrogen-bond donors (Lipinski definition) is 1. The molecule has 0 aliphatic carbocycles. The van der Waals surface area contributed by atoms with Crippen molar-refractivity contribution in [3.63, 3.8) is 0 Å². The largest absolute Gasteiger partial charge is 1.00 e. The molecule has 0 amide bonds. The van der Waals surface area contributed by atoms with E-state index in [1.54, 1.807) is 6.29 Å². The van der Waals surface area contributed by atoms with Crippen molar-refractivity contribution in [1.29, 1.82) is 0 Å². The van der Waals surface area contributed by atoms with Gasteiger partial charge in [-0.1, -0.05) is 17.8 Å². The van der Waals surface area contributed by atoms with Gasteiger partial charge in [0.15, 0.2) is 0 Å². The minimum absolute atomic E-state index is 0. The molecule has 0 atom stereocenters. The number of aromatic nitrogens is 1. The Morgan fingerprint density at radius 2 is 2.08 bits per heavy atom. The molecular formula is C6H4ClLiNO3-. The molecular weight excluding hydrogens is 176 g/mol. The van der Waals surface area contributed by atoms with Crippen LogP contribution in [0.5, 0.6) is 0 Å². The molecule has 0 spiro atoms. The molecule has 1 aromatic rings. The van der Waals surface area contributed by atoms with E-state index in [4.69, 9.17) is 11.6 Å². The summed E-state index contributed by atoms with van der Waals surface area (Å²) in [6.45, 7) is 0. The molecule has 0 aliphatic rings. The van der Waals surface area contributed by atoms with E-state index in [1.165, 1.54) is 12.3 Å². The number of pyridine rings is 1. The van der Waals surface area contributed by atoms with Crippen LogP contribution in [0.3, 0.4) is 0 Å². The maximum atomic E-state index is 10.6. The van der Waals surface area contributed by atoms with Crippen molar-refractivity contribution in [3.05, 3.63) is 33.2 Å². The quantitative estimate of drug-likeness (QED) is 0.378. The number of carbonyl (C=O) groups excluding carboxylic acids is 1. The molecule has 0 unspecified atom stereocenters.